The van der Waals surface area contributed by atoms with Crippen LogP contribution in [0.5, 0.6) is 5.75 Å². The number of sulfonamides is 1. The first kappa shape index (κ1) is 22.2. The van der Waals surface area contributed by atoms with E-state index in [-0.39, 0.29) is 17.3 Å². The van der Waals surface area contributed by atoms with Crippen molar-refractivity contribution in [3.05, 3.63) is 88.9 Å². The lowest BCUT2D eigenvalue weighted by atomic mass is 10.00. The monoisotopic (exact) mass is 470 g/mol. The van der Waals surface area contributed by atoms with Gasteiger partial charge in [-0.3, -0.25) is 9.10 Å². The van der Waals surface area contributed by atoms with E-state index in [1.54, 1.807) is 41.3 Å². The summed E-state index contributed by atoms with van der Waals surface area (Å²) >= 11 is 6.00. The third-order valence-electron chi connectivity index (χ3n) is 5.52. The Bertz CT molecular complexity index is 1210. The number of rotatable bonds is 6. The van der Waals surface area contributed by atoms with Crippen LogP contribution in [0.25, 0.3) is 0 Å². The van der Waals surface area contributed by atoms with Gasteiger partial charge in [0, 0.05) is 18.1 Å². The van der Waals surface area contributed by atoms with Crippen LogP contribution < -0.4 is 9.04 Å². The first-order chi connectivity index (χ1) is 15.4. The Hall–Kier alpha value is -3.03. The third-order valence-corrected chi connectivity index (χ3v) is 7.56. The van der Waals surface area contributed by atoms with Crippen LogP contribution in [-0.4, -0.2) is 39.4 Å². The number of amides is 1. The topological polar surface area (TPSA) is 66.9 Å². The van der Waals surface area contributed by atoms with Gasteiger partial charge < -0.3 is 9.64 Å². The number of carbonyl (C=O) groups excluding carboxylic acids is 1. The van der Waals surface area contributed by atoms with Crippen molar-refractivity contribution in [2.75, 3.05) is 24.5 Å². The molecule has 8 heteroatoms. The smallest absolute Gasteiger partial charge is 0.264 e. The maximum Gasteiger partial charge on any atom is 0.264 e. The third kappa shape index (κ3) is 4.59. The molecule has 0 aromatic heterocycles. The van der Waals surface area contributed by atoms with Gasteiger partial charge in [-0.1, -0.05) is 35.9 Å². The van der Waals surface area contributed by atoms with Gasteiger partial charge in [0.2, 0.25) is 5.91 Å². The molecule has 0 unspecified atom stereocenters. The Morgan fingerprint density at radius 3 is 2.31 bits per heavy atom. The fraction of sp³-hybridized carbons (Fsp3) is 0.208. The molecule has 0 radical (unpaired) electrons. The molecule has 0 saturated heterocycles. The van der Waals surface area contributed by atoms with Gasteiger partial charge in [-0.2, -0.15) is 0 Å². The SMILES string of the molecule is COc1ccc(S(=O)(=O)N(CC(=O)N2CCc3ccccc3C2)c2ccc(Cl)cc2)cc1. The van der Waals surface area contributed by atoms with E-state index in [1.807, 2.05) is 18.2 Å². The lowest BCUT2D eigenvalue weighted by molar-refractivity contribution is -0.130. The van der Waals surface area contributed by atoms with E-state index in [9.17, 15) is 13.2 Å². The molecule has 166 valence electrons. The van der Waals surface area contributed by atoms with Crippen molar-refractivity contribution < 1.29 is 17.9 Å². The van der Waals surface area contributed by atoms with E-state index in [1.165, 1.54) is 24.8 Å². The highest BCUT2D eigenvalue weighted by Gasteiger charge is 2.30. The highest BCUT2D eigenvalue weighted by Crippen LogP contribution is 2.27. The number of nitrogens with zero attached hydrogens (tertiary/aromatic N) is 2. The number of carbonyl (C=O) groups is 1. The van der Waals surface area contributed by atoms with Gasteiger partial charge in [-0.05, 0) is 66.1 Å². The Kier molecular flexibility index (Phi) is 6.39. The van der Waals surface area contributed by atoms with Crippen molar-refractivity contribution in [3.8, 4) is 5.75 Å². The summed E-state index contributed by atoms with van der Waals surface area (Å²) in [6, 6.07) is 20.5. The van der Waals surface area contributed by atoms with Crippen LogP contribution in [0.3, 0.4) is 0 Å². The van der Waals surface area contributed by atoms with E-state index in [2.05, 4.69) is 6.07 Å². The number of hydrogen-bond acceptors (Lipinski definition) is 4. The highest BCUT2D eigenvalue weighted by molar-refractivity contribution is 7.92. The second-order valence-electron chi connectivity index (χ2n) is 7.50. The first-order valence-electron chi connectivity index (χ1n) is 10.2. The Balaban J connectivity index is 1.64. The Morgan fingerprint density at radius 2 is 1.66 bits per heavy atom. The minimum Gasteiger partial charge on any atom is -0.497 e. The zero-order chi connectivity index (χ0) is 22.7. The van der Waals surface area contributed by atoms with E-state index in [0.717, 1.165) is 16.3 Å². The minimum absolute atomic E-state index is 0.0741. The second-order valence-corrected chi connectivity index (χ2v) is 9.80. The van der Waals surface area contributed by atoms with Crippen molar-refractivity contribution in [3.63, 3.8) is 0 Å². The van der Waals surface area contributed by atoms with Gasteiger partial charge in [0.25, 0.3) is 10.0 Å². The van der Waals surface area contributed by atoms with Crippen molar-refractivity contribution in [2.45, 2.75) is 17.9 Å². The zero-order valence-corrected chi connectivity index (χ0v) is 19.1. The molecule has 0 atom stereocenters. The predicted octanol–water partition coefficient (Wildman–Crippen LogP) is 4.13. The quantitative estimate of drug-likeness (QED) is 0.543. The van der Waals surface area contributed by atoms with E-state index in [4.69, 9.17) is 16.3 Å². The van der Waals surface area contributed by atoms with Crippen LogP contribution in [0.2, 0.25) is 5.02 Å². The molecule has 3 aromatic carbocycles. The molecule has 0 saturated carbocycles. The van der Waals surface area contributed by atoms with Crippen LogP contribution >= 0.6 is 11.6 Å². The average molecular weight is 471 g/mol. The maximum atomic E-state index is 13.5. The molecule has 0 aliphatic carbocycles. The molecule has 1 amide bonds. The van der Waals surface area contributed by atoms with Crippen LogP contribution in [0.1, 0.15) is 11.1 Å². The van der Waals surface area contributed by atoms with Gasteiger partial charge in [0.05, 0.1) is 17.7 Å². The summed E-state index contributed by atoms with van der Waals surface area (Å²) < 4.78 is 33.3. The van der Waals surface area contributed by atoms with E-state index in [0.29, 0.717) is 29.5 Å². The fourth-order valence-electron chi connectivity index (χ4n) is 3.73. The standard InChI is InChI=1S/C24H23ClN2O4S/c1-31-22-10-12-23(13-11-22)32(29,30)27(21-8-6-20(25)7-9-21)17-24(28)26-15-14-18-4-2-3-5-19(18)16-26/h2-13H,14-17H2,1H3. The summed E-state index contributed by atoms with van der Waals surface area (Å²) in [6.07, 6.45) is 0.744. The summed E-state index contributed by atoms with van der Waals surface area (Å²) in [5.74, 6) is 0.289. The molecule has 1 aliphatic heterocycles. The number of methoxy groups -OCH3 is 1. The van der Waals surface area contributed by atoms with Crippen LogP contribution in [0, 0.1) is 0 Å². The van der Waals surface area contributed by atoms with E-state index >= 15 is 0 Å². The summed E-state index contributed by atoms with van der Waals surface area (Å²) in [4.78, 5) is 15.0. The number of hydrogen-bond donors (Lipinski definition) is 0. The molecule has 1 heterocycles. The van der Waals surface area contributed by atoms with Gasteiger partial charge in [-0.15, -0.1) is 0 Å². The first-order valence-corrected chi connectivity index (χ1v) is 12.0. The Morgan fingerprint density at radius 1 is 1.00 bits per heavy atom. The number of halogens is 1. The lowest BCUT2D eigenvalue weighted by Gasteiger charge is -2.31. The molecule has 32 heavy (non-hydrogen) atoms. The van der Waals surface area contributed by atoms with Crippen molar-refractivity contribution in [1.82, 2.24) is 4.90 Å². The second kappa shape index (κ2) is 9.22. The van der Waals surface area contributed by atoms with E-state index < -0.39 is 10.0 Å². The minimum atomic E-state index is -4.00. The largest absolute Gasteiger partial charge is 0.497 e. The fourth-order valence-corrected chi connectivity index (χ4v) is 5.27. The van der Waals surface area contributed by atoms with Gasteiger partial charge in [-0.25, -0.2) is 8.42 Å². The number of fused-ring (bicyclic) bond motifs is 1. The lowest BCUT2D eigenvalue weighted by Crippen LogP contribution is -2.44. The maximum absolute atomic E-state index is 13.5. The summed E-state index contributed by atoms with van der Waals surface area (Å²) in [7, 11) is -2.49. The van der Waals surface area contributed by atoms with Crippen molar-refractivity contribution in [2.24, 2.45) is 0 Å². The van der Waals surface area contributed by atoms with Crippen LogP contribution in [0.15, 0.2) is 77.7 Å². The molecule has 0 bridgehead atoms. The molecule has 3 aromatic rings. The normalized spacial score (nSPS) is 13.4. The molecule has 0 N–H and O–H groups in total. The van der Waals surface area contributed by atoms with Gasteiger partial charge in [0.15, 0.2) is 0 Å². The molecule has 0 spiro atoms. The molecule has 6 nitrogen and oxygen atoms in total. The number of ether oxygens (including phenoxy) is 1. The predicted molar refractivity (Wildman–Crippen MR) is 125 cm³/mol. The summed E-state index contributed by atoms with van der Waals surface area (Å²) in [5.41, 5.74) is 2.68. The number of benzene rings is 3. The number of anilines is 1. The van der Waals surface area contributed by atoms with Crippen LogP contribution in [0.4, 0.5) is 5.69 Å². The molecular weight excluding hydrogens is 448 g/mol. The zero-order valence-electron chi connectivity index (χ0n) is 17.6. The Labute approximate surface area is 193 Å². The van der Waals surface area contributed by atoms with Gasteiger partial charge >= 0.3 is 0 Å². The molecule has 4 rings (SSSR count). The molecule has 1 aliphatic rings. The molecular formula is C24H23ClN2O4S. The molecule has 0 fully saturated rings. The average Bonchev–Trinajstić information content (AvgIpc) is 2.82. The van der Waals surface area contributed by atoms with Gasteiger partial charge in [0.1, 0.15) is 12.3 Å². The van der Waals surface area contributed by atoms with Crippen LogP contribution in [-0.2, 0) is 27.8 Å². The van der Waals surface area contributed by atoms with Crippen molar-refractivity contribution in [1.29, 1.82) is 0 Å². The summed E-state index contributed by atoms with van der Waals surface area (Å²) in [5, 5.41) is 0.481. The highest BCUT2D eigenvalue weighted by atomic mass is 35.5. The summed E-state index contributed by atoms with van der Waals surface area (Å²) in [6.45, 7) is 0.705. The van der Waals surface area contributed by atoms with Crippen molar-refractivity contribution >= 4 is 33.2 Å².